The number of carboxylic acid groups (broad SMARTS) is 1. The largest absolute Gasteiger partial charge is 0.598 e. The normalized spacial score (nSPS) is 16.2. The predicted molar refractivity (Wildman–Crippen MR) is 119 cm³/mol. The number of hydrogen-bond donors (Lipinski definition) is 2. The molecule has 2 aromatic carbocycles. The van der Waals surface area contributed by atoms with Crippen molar-refractivity contribution in [2.45, 2.75) is 70.6 Å². The van der Waals surface area contributed by atoms with Gasteiger partial charge in [-0.2, -0.15) is 0 Å². The molecule has 2 N–H and O–H groups in total. The highest BCUT2D eigenvalue weighted by Crippen LogP contribution is 2.46. The zero-order valence-electron chi connectivity index (χ0n) is 18.8. The average molecular weight is 468 g/mol. The second kappa shape index (κ2) is 9.08. The van der Waals surface area contributed by atoms with E-state index in [1.807, 2.05) is 0 Å². The molecule has 3 rings (SSSR count). The van der Waals surface area contributed by atoms with Gasteiger partial charge in [0.15, 0.2) is 0 Å². The first kappa shape index (κ1) is 24.6. The van der Waals surface area contributed by atoms with E-state index < -0.39 is 57.6 Å². The molecule has 174 valence electrons. The Balaban J connectivity index is 2.25. The molecular weight excluding hydrogens is 439 g/mol. The number of halogens is 3. The number of nitrogens with one attached hydrogen (secondary N) is 1. The van der Waals surface area contributed by atoms with Crippen LogP contribution in [0.4, 0.5) is 13.2 Å². The maximum Gasteiger partial charge on any atom is 0.305 e. The van der Waals surface area contributed by atoms with E-state index in [0.717, 1.165) is 12.8 Å². The van der Waals surface area contributed by atoms with Crippen molar-refractivity contribution in [1.29, 1.82) is 0 Å². The van der Waals surface area contributed by atoms with Crippen LogP contribution in [0.3, 0.4) is 0 Å². The maximum absolute atomic E-state index is 15.9. The standard InChI is InChI=1S/C24H28F3NO3S/c1-12-8-15(25)9-13(2)20(12)17-10-16(14-6-7-14)22(26)21(23(17)27)18(11-19(29)30)28-32(31)24(3,4)5/h8-10,14,18,28H,6-7,11H2,1-5H3,(H,29,30)/t18-,32?/m0/s1. The van der Waals surface area contributed by atoms with Gasteiger partial charge in [-0.05, 0) is 93.8 Å². The minimum Gasteiger partial charge on any atom is -0.598 e. The fraction of sp³-hybridized carbons (Fsp3) is 0.458. The zero-order valence-corrected chi connectivity index (χ0v) is 19.6. The van der Waals surface area contributed by atoms with Gasteiger partial charge in [0.1, 0.15) is 22.2 Å². The van der Waals surface area contributed by atoms with Gasteiger partial charge in [0.2, 0.25) is 0 Å². The molecule has 0 aromatic heterocycles. The van der Waals surface area contributed by atoms with Crippen molar-refractivity contribution in [3.05, 3.63) is 57.9 Å². The number of aliphatic carboxylic acids is 1. The number of carbonyl (C=O) groups is 1. The predicted octanol–water partition coefficient (Wildman–Crippen LogP) is 5.83. The average Bonchev–Trinajstić information content (AvgIpc) is 3.46. The molecule has 0 amide bonds. The van der Waals surface area contributed by atoms with Crippen LogP contribution in [0.1, 0.15) is 74.2 Å². The molecule has 0 radical (unpaired) electrons. The van der Waals surface area contributed by atoms with E-state index in [0.29, 0.717) is 22.3 Å². The number of rotatable bonds is 7. The van der Waals surface area contributed by atoms with Gasteiger partial charge in [0.05, 0.1) is 12.5 Å². The molecule has 8 heteroatoms. The lowest BCUT2D eigenvalue weighted by atomic mass is 9.88. The highest BCUT2D eigenvalue weighted by Gasteiger charge is 2.37. The van der Waals surface area contributed by atoms with Crippen molar-refractivity contribution >= 4 is 17.3 Å². The summed E-state index contributed by atoms with van der Waals surface area (Å²) in [5.74, 6) is -3.56. The summed E-state index contributed by atoms with van der Waals surface area (Å²) >= 11 is -1.76. The molecule has 1 fully saturated rings. The van der Waals surface area contributed by atoms with E-state index in [1.54, 1.807) is 34.6 Å². The van der Waals surface area contributed by atoms with Gasteiger partial charge < -0.3 is 9.66 Å². The summed E-state index contributed by atoms with van der Waals surface area (Å²) in [6.07, 6.45) is 0.839. The summed E-state index contributed by atoms with van der Waals surface area (Å²) in [6, 6.07) is 2.68. The van der Waals surface area contributed by atoms with Crippen LogP contribution in [0.5, 0.6) is 0 Å². The first-order valence-corrected chi connectivity index (χ1v) is 11.6. The monoisotopic (exact) mass is 467 g/mol. The molecule has 2 atom stereocenters. The minimum atomic E-state index is -1.76. The Hall–Kier alpha value is -2.03. The molecule has 1 aliphatic carbocycles. The fourth-order valence-corrected chi connectivity index (χ4v) is 4.69. The Morgan fingerprint density at radius 2 is 1.72 bits per heavy atom. The fourth-order valence-electron chi connectivity index (χ4n) is 3.88. The molecule has 0 heterocycles. The maximum atomic E-state index is 15.9. The number of hydrogen-bond acceptors (Lipinski definition) is 3. The zero-order chi connectivity index (χ0) is 24.0. The van der Waals surface area contributed by atoms with E-state index >= 15 is 8.78 Å². The lowest BCUT2D eigenvalue weighted by Crippen LogP contribution is -2.42. The molecule has 32 heavy (non-hydrogen) atoms. The molecule has 0 aliphatic heterocycles. The van der Waals surface area contributed by atoms with Gasteiger partial charge in [-0.3, -0.25) is 4.79 Å². The highest BCUT2D eigenvalue weighted by atomic mass is 32.2. The molecule has 2 aromatic rings. The lowest BCUT2D eigenvalue weighted by Gasteiger charge is -2.29. The Morgan fingerprint density at radius 1 is 1.16 bits per heavy atom. The van der Waals surface area contributed by atoms with Crippen molar-refractivity contribution in [3.8, 4) is 11.1 Å². The molecule has 0 saturated heterocycles. The second-order valence-corrected chi connectivity index (χ2v) is 11.4. The van der Waals surface area contributed by atoms with Gasteiger partial charge in [0.25, 0.3) is 0 Å². The molecule has 0 spiro atoms. The third kappa shape index (κ3) is 5.13. The van der Waals surface area contributed by atoms with Crippen LogP contribution in [0, 0.1) is 31.3 Å². The van der Waals surface area contributed by atoms with E-state index in [9.17, 15) is 18.8 Å². The van der Waals surface area contributed by atoms with Crippen molar-refractivity contribution in [2.24, 2.45) is 0 Å². The van der Waals surface area contributed by atoms with Crippen molar-refractivity contribution in [3.63, 3.8) is 0 Å². The third-order valence-electron chi connectivity index (χ3n) is 5.58. The smallest absolute Gasteiger partial charge is 0.305 e. The van der Waals surface area contributed by atoms with Crippen LogP contribution in [-0.2, 0) is 16.2 Å². The topological polar surface area (TPSA) is 72.4 Å². The van der Waals surface area contributed by atoms with Crippen molar-refractivity contribution in [1.82, 2.24) is 4.72 Å². The molecular formula is C24H28F3NO3S. The van der Waals surface area contributed by atoms with Gasteiger partial charge >= 0.3 is 5.97 Å². The van der Waals surface area contributed by atoms with Crippen LogP contribution in [-0.4, -0.2) is 20.4 Å². The second-order valence-electron chi connectivity index (χ2n) is 9.39. The Kier molecular flexibility index (Phi) is 6.98. The molecule has 1 unspecified atom stereocenters. The van der Waals surface area contributed by atoms with Crippen LogP contribution in [0.2, 0.25) is 0 Å². The minimum absolute atomic E-state index is 0.0900. The molecule has 1 saturated carbocycles. The van der Waals surface area contributed by atoms with Crippen LogP contribution < -0.4 is 4.72 Å². The quantitative estimate of drug-likeness (QED) is 0.503. The number of aryl methyl sites for hydroxylation is 2. The summed E-state index contributed by atoms with van der Waals surface area (Å²) in [5, 5.41) is 9.41. The van der Waals surface area contributed by atoms with Gasteiger partial charge in [-0.25, -0.2) is 13.2 Å². The van der Waals surface area contributed by atoms with E-state index in [2.05, 4.69) is 4.72 Å². The Bertz CT molecular complexity index is 1020. The van der Waals surface area contributed by atoms with Crippen LogP contribution in [0.15, 0.2) is 18.2 Å². The third-order valence-corrected chi connectivity index (χ3v) is 7.19. The highest BCUT2D eigenvalue weighted by molar-refractivity contribution is 7.90. The Morgan fingerprint density at radius 3 is 2.19 bits per heavy atom. The summed E-state index contributed by atoms with van der Waals surface area (Å²) in [4.78, 5) is 11.5. The Labute approximate surface area is 189 Å². The summed E-state index contributed by atoms with van der Waals surface area (Å²) in [5.41, 5.74) is 1.38. The van der Waals surface area contributed by atoms with Crippen LogP contribution in [0.25, 0.3) is 11.1 Å². The number of benzene rings is 2. The number of carboxylic acids is 1. The SMILES string of the molecule is Cc1cc(F)cc(C)c1-c1cc(C2CC2)c(F)c([C@H](CC(=O)O)N[S+]([O-])C(C)(C)C)c1F. The van der Waals surface area contributed by atoms with Gasteiger partial charge in [-0.1, -0.05) is 0 Å². The molecule has 4 nitrogen and oxygen atoms in total. The molecule has 0 bridgehead atoms. The van der Waals surface area contributed by atoms with E-state index in [4.69, 9.17) is 0 Å². The van der Waals surface area contributed by atoms with Crippen LogP contribution >= 0.6 is 0 Å². The van der Waals surface area contributed by atoms with Crippen molar-refractivity contribution < 1.29 is 27.6 Å². The summed E-state index contributed by atoms with van der Waals surface area (Å²) in [7, 11) is 0. The van der Waals surface area contributed by atoms with E-state index in [1.165, 1.54) is 18.2 Å². The first-order chi connectivity index (χ1) is 14.8. The van der Waals surface area contributed by atoms with Crippen molar-refractivity contribution in [2.75, 3.05) is 0 Å². The molecule has 1 aliphatic rings. The lowest BCUT2D eigenvalue weighted by molar-refractivity contribution is -0.137. The summed E-state index contributed by atoms with van der Waals surface area (Å²) in [6.45, 7) is 8.33. The summed E-state index contributed by atoms with van der Waals surface area (Å²) < 4.78 is 59.9. The van der Waals surface area contributed by atoms with Gasteiger partial charge in [-0.15, -0.1) is 4.72 Å². The van der Waals surface area contributed by atoms with Gasteiger partial charge in [0, 0.05) is 22.5 Å². The van der Waals surface area contributed by atoms with E-state index in [-0.39, 0.29) is 11.5 Å². The first-order valence-electron chi connectivity index (χ1n) is 10.5.